The molecule has 0 bridgehead atoms. The Morgan fingerprint density at radius 2 is 1.71 bits per heavy atom. The maximum absolute atomic E-state index is 12.3. The standard InChI is InChI=1S/C25H36IN3O5/c1-5-31-19-12-18(13-20(14-19)32-6-2)22(26)29-16-25(17-29)15-21(27-34-25)28-10-8-24(4,9-11-28)23(30)33-7-3/h12-14,22H,5-11,15-17H2,1-4H3. The Kier molecular flexibility index (Phi) is 7.81. The van der Waals surface area contributed by atoms with Gasteiger partial charge in [0.05, 0.1) is 35.7 Å². The van der Waals surface area contributed by atoms with E-state index < -0.39 is 5.41 Å². The van der Waals surface area contributed by atoms with E-state index in [0.717, 1.165) is 62.8 Å². The number of ether oxygens (including phenoxy) is 3. The number of amidine groups is 1. The fourth-order valence-corrected chi connectivity index (χ4v) is 5.66. The molecule has 1 aromatic carbocycles. The van der Waals surface area contributed by atoms with Crippen LogP contribution in [0.3, 0.4) is 0 Å². The lowest BCUT2D eigenvalue weighted by molar-refractivity contribution is -0.156. The minimum atomic E-state index is -0.401. The highest BCUT2D eigenvalue weighted by Crippen LogP contribution is 2.44. The van der Waals surface area contributed by atoms with Crippen molar-refractivity contribution in [1.82, 2.24) is 9.80 Å². The van der Waals surface area contributed by atoms with Crippen LogP contribution < -0.4 is 9.47 Å². The van der Waals surface area contributed by atoms with Crippen molar-refractivity contribution in [3.63, 3.8) is 0 Å². The Morgan fingerprint density at radius 3 is 2.26 bits per heavy atom. The van der Waals surface area contributed by atoms with Gasteiger partial charge in [0.25, 0.3) is 0 Å². The number of hydrogen-bond acceptors (Lipinski definition) is 8. The van der Waals surface area contributed by atoms with Crippen LogP contribution in [0.4, 0.5) is 0 Å². The molecule has 2 fully saturated rings. The van der Waals surface area contributed by atoms with E-state index in [1.807, 2.05) is 33.8 Å². The number of piperidine rings is 1. The van der Waals surface area contributed by atoms with Crippen LogP contribution >= 0.6 is 22.6 Å². The molecule has 0 amide bonds. The van der Waals surface area contributed by atoms with Crippen molar-refractivity contribution in [3.05, 3.63) is 23.8 Å². The zero-order chi connectivity index (χ0) is 24.3. The number of likely N-dealkylation sites (tertiary alicyclic amines) is 2. The highest BCUT2D eigenvalue weighted by Gasteiger charge is 2.53. The Hall–Kier alpha value is -1.75. The predicted molar refractivity (Wildman–Crippen MR) is 139 cm³/mol. The average molecular weight is 585 g/mol. The van der Waals surface area contributed by atoms with E-state index >= 15 is 0 Å². The zero-order valence-electron chi connectivity index (χ0n) is 20.6. The maximum atomic E-state index is 12.3. The molecule has 0 N–H and O–H groups in total. The second-order valence-corrected chi connectivity index (χ2v) is 10.8. The summed E-state index contributed by atoms with van der Waals surface area (Å²) in [6.07, 6.45) is 2.36. The van der Waals surface area contributed by atoms with E-state index in [0.29, 0.717) is 19.8 Å². The van der Waals surface area contributed by atoms with E-state index in [1.54, 1.807) is 0 Å². The molecular weight excluding hydrogens is 549 g/mol. The number of esters is 1. The van der Waals surface area contributed by atoms with Gasteiger partial charge in [0.15, 0.2) is 5.60 Å². The van der Waals surface area contributed by atoms with E-state index in [2.05, 4.69) is 49.7 Å². The molecule has 9 heteroatoms. The van der Waals surface area contributed by atoms with Crippen LogP contribution in [0, 0.1) is 5.41 Å². The highest BCUT2D eigenvalue weighted by molar-refractivity contribution is 14.1. The molecule has 3 aliphatic heterocycles. The number of nitrogens with zero attached hydrogens (tertiary/aromatic N) is 3. The molecule has 0 aromatic heterocycles. The molecule has 8 nitrogen and oxygen atoms in total. The van der Waals surface area contributed by atoms with Gasteiger partial charge in [0, 0.05) is 32.2 Å². The number of carbonyl (C=O) groups excluding carboxylic acids is 1. The number of alkyl halides is 1. The van der Waals surface area contributed by atoms with Gasteiger partial charge >= 0.3 is 5.97 Å². The summed E-state index contributed by atoms with van der Waals surface area (Å²) in [4.78, 5) is 23.0. The van der Waals surface area contributed by atoms with Gasteiger partial charge in [0.2, 0.25) is 0 Å². The van der Waals surface area contributed by atoms with Crippen LogP contribution in [-0.2, 0) is 14.4 Å². The molecule has 1 atom stereocenters. The largest absolute Gasteiger partial charge is 0.494 e. The van der Waals surface area contributed by atoms with Gasteiger partial charge in [-0.3, -0.25) is 9.69 Å². The van der Waals surface area contributed by atoms with Gasteiger partial charge in [-0.05, 0) is 58.2 Å². The molecule has 1 aromatic rings. The van der Waals surface area contributed by atoms with Crippen LogP contribution in [0.25, 0.3) is 0 Å². The summed E-state index contributed by atoms with van der Waals surface area (Å²) < 4.78 is 17.0. The molecule has 0 aliphatic carbocycles. The highest BCUT2D eigenvalue weighted by atomic mass is 127. The third kappa shape index (κ3) is 5.24. The minimum Gasteiger partial charge on any atom is -0.494 e. The molecule has 0 saturated carbocycles. The summed E-state index contributed by atoms with van der Waals surface area (Å²) in [5, 5.41) is 4.46. The molecule has 0 radical (unpaired) electrons. The van der Waals surface area contributed by atoms with Gasteiger partial charge in [-0.2, -0.15) is 0 Å². The predicted octanol–water partition coefficient (Wildman–Crippen LogP) is 4.37. The Labute approximate surface area is 216 Å². The van der Waals surface area contributed by atoms with Crippen molar-refractivity contribution >= 4 is 34.4 Å². The normalized spacial score (nSPS) is 21.9. The number of benzene rings is 1. The van der Waals surface area contributed by atoms with Crippen LogP contribution in [0.5, 0.6) is 11.5 Å². The van der Waals surface area contributed by atoms with Crippen molar-refractivity contribution < 1.29 is 23.8 Å². The van der Waals surface area contributed by atoms with E-state index in [-0.39, 0.29) is 15.6 Å². The number of carbonyl (C=O) groups is 1. The lowest BCUT2D eigenvalue weighted by Gasteiger charge is -2.48. The van der Waals surface area contributed by atoms with Crippen molar-refractivity contribution in [2.24, 2.45) is 10.6 Å². The second kappa shape index (κ2) is 10.5. The van der Waals surface area contributed by atoms with Gasteiger partial charge in [-0.1, -0.05) is 27.7 Å². The fraction of sp³-hybridized carbons (Fsp3) is 0.680. The first-order valence-corrected chi connectivity index (χ1v) is 13.5. The summed E-state index contributed by atoms with van der Waals surface area (Å²) in [6.45, 7) is 12.8. The Bertz CT molecular complexity index is 886. The van der Waals surface area contributed by atoms with Crippen molar-refractivity contribution in [2.45, 2.75) is 56.6 Å². The summed E-state index contributed by atoms with van der Waals surface area (Å²) in [5.74, 6) is 2.60. The molecule has 188 valence electrons. The first-order valence-electron chi connectivity index (χ1n) is 12.3. The zero-order valence-corrected chi connectivity index (χ0v) is 22.8. The lowest BCUT2D eigenvalue weighted by Crippen LogP contribution is -2.62. The van der Waals surface area contributed by atoms with E-state index in [4.69, 9.17) is 19.0 Å². The van der Waals surface area contributed by atoms with Crippen molar-refractivity contribution in [3.8, 4) is 11.5 Å². The Morgan fingerprint density at radius 1 is 1.09 bits per heavy atom. The number of halogens is 1. The van der Waals surface area contributed by atoms with Gasteiger partial charge in [0.1, 0.15) is 17.3 Å². The van der Waals surface area contributed by atoms with Crippen LogP contribution in [0.15, 0.2) is 23.4 Å². The van der Waals surface area contributed by atoms with Crippen molar-refractivity contribution in [2.75, 3.05) is 46.0 Å². The minimum absolute atomic E-state index is 0.0839. The lowest BCUT2D eigenvalue weighted by atomic mass is 9.80. The number of rotatable bonds is 8. The SMILES string of the molecule is CCOC(=O)C1(C)CCN(C2=NOC3(C2)CN(C(I)c2cc(OCC)cc(OCC)c2)C3)CC1. The number of hydrogen-bond donors (Lipinski definition) is 0. The molecule has 2 saturated heterocycles. The first kappa shape index (κ1) is 25.3. The van der Waals surface area contributed by atoms with Gasteiger partial charge in [-0.25, -0.2) is 0 Å². The average Bonchev–Trinajstić information content (AvgIpc) is 3.24. The first-order chi connectivity index (χ1) is 16.3. The molecule has 1 unspecified atom stereocenters. The molecule has 1 spiro atoms. The van der Waals surface area contributed by atoms with E-state index in [1.165, 1.54) is 5.56 Å². The van der Waals surface area contributed by atoms with Gasteiger partial charge in [-0.15, -0.1) is 0 Å². The quantitative estimate of drug-likeness (QED) is 0.194. The summed E-state index contributed by atoms with van der Waals surface area (Å²) in [6, 6.07) is 6.14. The molecule has 34 heavy (non-hydrogen) atoms. The second-order valence-electron chi connectivity index (χ2n) is 9.57. The van der Waals surface area contributed by atoms with Crippen LogP contribution in [0.2, 0.25) is 0 Å². The monoisotopic (exact) mass is 585 g/mol. The maximum Gasteiger partial charge on any atom is 0.311 e. The van der Waals surface area contributed by atoms with E-state index in [9.17, 15) is 4.79 Å². The smallest absolute Gasteiger partial charge is 0.311 e. The molecular formula is C25H36IN3O5. The summed E-state index contributed by atoms with van der Waals surface area (Å²) in [5.41, 5.74) is 0.515. The molecule has 4 rings (SSSR count). The van der Waals surface area contributed by atoms with Crippen LogP contribution in [-0.4, -0.2) is 73.2 Å². The molecule has 3 aliphatic rings. The number of oxime groups is 1. The third-order valence-electron chi connectivity index (χ3n) is 6.93. The van der Waals surface area contributed by atoms with Gasteiger partial charge < -0.3 is 23.9 Å². The summed E-state index contributed by atoms with van der Waals surface area (Å²) >= 11 is 2.48. The van der Waals surface area contributed by atoms with Crippen molar-refractivity contribution in [1.29, 1.82) is 0 Å². The van der Waals surface area contributed by atoms with Crippen LogP contribution in [0.1, 0.15) is 56.6 Å². The Balaban J connectivity index is 1.32. The third-order valence-corrected chi connectivity index (χ3v) is 8.43. The fourth-order valence-electron chi connectivity index (χ4n) is 4.91. The topological polar surface area (TPSA) is 72.8 Å². The molecule has 3 heterocycles. The summed E-state index contributed by atoms with van der Waals surface area (Å²) in [7, 11) is 0.